The molecule has 1 heterocycles. The smallest absolute Gasteiger partial charge is 0.247 e. The molecule has 1 aliphatic rings. The number of aryl methyl sites for hydroxylation is 2. The number of tetrazole rings is 1. The van der Waals surface area contributed by atoms with Crippen LogP contribution in [0, 0.1) is 13.8 Å². The maximum Gasteiger partial charge on any atom is 0.247 e. The number of hydrogen-bond acceptors (Lipinski definition) is 6. The van der Waals surface area contributed by atoms with Gasteiger partial charge in [-0.3, -0.25) is 9.59 Å². The van der Waals surface area contributed by atoms with Crippen molar-refractivity contribution in [1.82, 2.24) is 30.4 Å². The summed E-state index contributed by atoms with van der Waals surface area (Å²) in [5.74, 6) is 0.0497. The van der Waals surface area contributed by atoms with Gasteiger partial charge >= 0.3 is 0 Å². The lowest BCUT2D eigenvalue weighted by Crippen LogP contribution is -2.47. The summed E-state index contributed by atoms with van der Waals surface area (Å²) >= 11 is 0. The van der Waals surface area contributed by atoms with Crippen molar-refractivity contribution in [3.05, 3.63) is 65.2 Å². The lowest BCUT2D eigenvalue weighted by atomic mass is 10.0. The number of rotatable bonds is 12. The van der Waals surface area contributed by atoms with Gasteiger partial charge in [-0.1, -0.05) is 72.5 Å². The summed E-state index contributed by atoms with van der Waals surface area (Å²) in [6, 6.07) is 15.0. The molecule has 9 heteroatoms. The maximum absolute atomic E-state index is 13.8. The van der Waals surface area contributed by atoms with Gasteiger partial charge in [0.05, 0.1) is 0 Å². The third-order valence-corrected chi connectivity index (χ3v) is 6.91. The van der Waals surface area contributed by atoms with Gasteiger partial charge in [-0.2, -0.15) is 4.80 Å². The van der Waals surface area contributed by atoms with E-state index in [-0.39, 0.29) is 24.4 Å². The van der Waals surface area contributed by atoms with E-state index in [4.69, 9.17) is 4.74 Å². The molecule has 1 saturated carbocycles. The summed E-state index contributed by atoms with van der Waals surface area (Å²) < 4.78 is 5.53. The average Bonchev–Trinajstić information content (AvgIpc) is 3.59. The van der Waals surface area contributed by atoms with Crippen LogP contribution in [0.25, 0.3) is 11.4 Å². The third-order valence-electron chi connectivity index (χ3n) is 6.91. The second kappa shape index (κ2) is 13.3. The number of benzene rings is 2. The van der Waals surface area contributed by atoms with Gasteiger partial charge in [0.25, 0.3) is 0 Å². The van der Waals surface area contributed by atoms with Crippen LogP contribution in [0.3, 0.4) is 0 Å². The maximum atomic E-state index is 13.8. The second-order valence-electron chi connectivity index (χ2n) is 9.95. The molecule has 9 nitrogen and oxygen atoms in total. The number of amides is 2. The highest BCUT2D eigenvalue weighted by Gasteiger charge is 2.33. The van der Waals surface area contributed by atoms with Gasteiger partial charge in [-0.15, -0.1) is 10.2 Å². The number of hydrogen-bond donors (Lipinski definition) is 1. The Morgan fingerprint density at radius 3 is 2.37 bits per heavy atom. The lowest BCUT2D eigenvalue weighted by molar-refractivity contribution is -0.142. The van der Waals surface area contributed by atoms with E-state index >= 15 is 0 Å². The Hall–Kier alpha value is -3.59. The summed E-state index contributed by atoms with van der Waals surface area (Å²) in [5, 5.41) is 15.9. The average molecular weight is 519 g/mol. The molecule has 2 aromatic carbocycles. The van der Waals surface area contributed by atoms with Crippen LogP contribution in [0.1, 0.15) is 61.8 Å². The highest BCUT2D eigenvalue weighted by molar-refractivity contribution is 5.89. The fraction of sp³-hybridized carbons (Fsp3) is 0.483. The quantitative estimate of drug-likeness (QED) is 0.364. The molecule has 0 radical (unpaired) electrons. The van der Waals surface area contributed by atoms with Crippen LogP contribution in [-0.2, 0) is 20.9 Å². The highest BCUT2D eigenvalue weighted by Crippen LogP contribution is 2.25. The Morgan fingerprint density at radius 1 is 1.05 bits per heavy atom. The van der Waals surface area contributed by atoms with Gasteiger partial charge in [0.15, 0.2) is 0 Å². The summed E-state index contributed by atoms with van der Waals surface area (Å²) in [6.45, 7) is 7.31. The van der Waals surface area contributed by atoms with Crippen molar-refractivity contribution < 1.29 is 14.3 Å². The van der Waals surface area contributed by atoms with Crippen molar-refractivity contribution in [2.75, 3.05) is 19.8 Å². The minimum atomic E-state index is -0.759. The molecule has 3 aromatic rings. The normalized spacial score (nSPS) is 14.4. The van der Waals surface area contributed by atoms with Gasteiger partial charge in [-0.05, 0) is 50.8 Å². The Kier molecular flexibility index (Phi) is 9.59. The molecule has 1 N–H and O–H groups in total. The molecule has 0 saturated heterocycles. The molecule has 0 aliphatic heterocycles. The van der Waals surface area contributed by atoms with Crippen LogP contribution in [0.2, 0.25) is 0 Å². The van der Waals surface area contributed by atoms with Gasteiger partial charge < -0.3 is 15.0 Å². The van der Waals surface area contributed by atoms with E-state index in [1.54, 1.807) is 4.90 Å². The van der Waals surface area contributed by atoms with Crippen LogP contribution in [0.15, 0.2) is 48.5 Å². The van der Waals surface area contributed by atoms with Crippen LogP contribution in [-0.4, -0.2) is 62.7 Å². The molecule has 1 fully saturated rings. The van der Waals surface area contributed by atoms with Gasteiger partial charge in [0, 0.05) is 31.4 Å². The molecule has 0 spiro atoms. The molecule has 1 aliphatic carbocycles. The van der Waals surface area contributed by atoms with Crippen molar-refractivity contribution in [2.45, 2.75) is 71.5 Å². The number of nitrogens with one attached hydrogen (secondary N) is 1. The topological polar surface area (TPSA) is 102 Å². The van der Waals surface area contributed by atoms with E-state index in [1.165, 1.54) is 4.80 Å². The Balaban J connectivity index is 1.58. The third kappa shape index (κ3) is 7.25. The van der Waals surface area contributed by atoms with E-state index in [2.05, 4.69) is 20.7 Å². The van der Waals surface area contributed by atoms with E-state index < -0.39 is 6.04 Å². The molecule has 2 amide bonds. The minimum Gasteiger partial charge on any atom is -0.382 e. The van der Waals surface area contributed by atoms with Crippen LogP contribution in [0.4, 0.5) is 0 Å². The fourth-order valence-electron chi connectivity index (χ4n) is 4.79. The van der Waals surface area contributed by atoms with E-state index in [0.717, 1.165) is 47.9 Å². The summed E-state index contributed by atoms with van der Waals surface area (Å²) in [5.41, 5.74) is 3.84. The van der Waals surface area contributed by atoms with Crippen LogP contribution < -0.4 is 5.32 Å². The number of carbonyl (C=O) groups is 2. The Labute approximate surface area is 224 Å². The Morgan fingerprint density at radius 2 is 1.71 bits per heavy atom. The first kappa shape index (κ1) is 27.4. The first-order valence-corrected chi connectivity index (χ1v) is 13.5. The molecular formula is C29H38N6O3. The standard InChI is InChI=1S/C29H38N6O3/c1-4-38-19-7-18-34(26(36)20-35-32-28(31-33-35)24-16-12-22(3)13-17-24)27(23-14-10-21(2)11-15-23)29(37)30-25-8-5-6-9-25/h10-17,25,27H,4-9,18-20H2,1-3H3,(H,30,37)/t27-/m1/s1. The molecule has 38 heavy (non-hydrogen) atoms. The predicted molar refractivity (Wildman–Crippen MR) is 145 cm³/mol. The van der Waals surface area contributed by atoms with Crippen LogP contribution in [0.5, 0.6) is 0 Å². The Bertz CT molecular complexity index is 1190. The van der Waals surface area contributed by atoms with E-state index in [0.29, 0.717) is 32.0 Å². The summed E-state index contributed by atoms with van der Waals surface area (Å²) in [4.78, 5) is 30.4. The summed E-state index contributed by atoms with van der Waals surface area (Å²) in [7, 11) is 0. The molecular weight excluding hydrogens is 480 g/mol. The van der Waals surface area contributed by atoms with Crippen molar-refractivity contribution in [2.24, 2.45) is 0 Å². The lowest BCUT2D eigenvalue weighted by Gasteiger charge is -2.32. The number of ether oxygens (including phenoxy) is 1. The van der Waals surface area contributed by atoms with Gasteiger partial charge in [-0.25, -0.2) is 0 Å². The first-order chi connectivity index (χ1) is 18.4. The van der Waals surface area contributed by atoms with Crippen molar-refractivity contribution in [3.8, 4) is 11.4 Å². The van der Waals surface area contributed by atoms with Crippen molar-refractivity contribution in [1.29, 1.82) is 0 Å². The predicted octanol–water partition coefficient (Wildman–Crippen LogP) is 4.01. The molecule has 202 valence electrons. The fourth-order valence-corrected chi connectivity index (χ4v) is 4.79. The first-order valence-electron chi connectivity index (χ1n) is 13.5. The zero-order valence-corrected chi connectivity index (χ0v) is 22.6. The SMILES string of the molecule is CCOCCCN(C(=O)Cn1nnc(-c2ccc(C)cc2)n1)[C@@H](C(=O)NC1CCCC1)c1ccc(C)cc1. The molecule has 0 unspecified atom stereocenters. The van der Waals surface area contributed by atoms with E-state index in [9.17, 15) is 9.59 Å². The number of aromatic nitrogens is 4. The van der Waals surface area contributed by atoms with Crippen molar-refractivity contribution in [3.63, 3.8) is 0 Å². The zero-order valence-electron chi connectivity index (χ0n) is 22.6. The largest absolute Gasteiger partial charge is 0.382 e. The highest BCUT2D eigenvalue weighted by atomic mass is 16.5. The number of carbonyl (C=O) groups excluding carboxylic acids is 2. The van der Waals surface area contributed by atoms with Crippen molar-refractivity contribution >= 4 is 11.8 Å². The number of nitrogens with zero attached hydrogens (tertiary/aromatic N) is 5. The van der Waals surface area contributed by atoms with E-state index in [1.807, 2.05) is 69.3 Å². The molecule has 1 aromatic heterocycles. The molecule has 1 atom stereocenters. The van der Waals surface area contributed by atoms with Gasteiger partial charge in [0.1, 0.15) is 12.6 Å². The monoisotopic (exact) mass is 518 g/mol. The summed E-state index contributed by atoms with van der Waals surface area (Å²) in [6.07, 6.45) is 4.76. The van der Waals surface area contributed by atoms with Gasteiger partial charge in [0.2, 0.25) is 17.6 Å². The molecule has 0 bridgehead atoms. The van der Waals surface area contributed by atoms with Crippen LogP contribution >= 0.6 is 0 Å². The zero-order chi connectivity index (χ0) is 26.9. The molecule has 4 rings (SSSR count). The minimum absolute atomic E-state index is 0.118. The second-order valence-corrected chi connectivity index (χ2v) is 9.95.